The molecular formula is C14H14F2N2S. The molecule has 1 aromatic heterocycles. The predicted molar refractivity (Wildman–Crippen MR) is 74.6 cm³/mol. The first-order valence-corrected chi connectivity index (χ1v) is 6.73. The predicted octanol–water partition coefficient (Wildman–Crippen LogP) is 4.32. The molecule has 0 spiro atoms. The Labute approximate surface area is 115 Å². The minimum absolute atomic E-state index is 0.521. The fraction of sp³-hybridized carbons (Fsp3) is 0.214. The number of hydrogen-bond donors (Lipinski definition) is 1. The highest BCUT2D eigenvalue weighted by molar-refractivity contribution is 7.99. The summed E-state index contributed by atoms with van der Waals surface area (Å²) in [7, 11) is 0. The van der Waals surface area contributed by atoms with Gasteiger partial charge in [0.05, 0.1) is 12.2 Å². The first kappa shape index (κ1) is 13.8. The monoisotopic (exact) mass is 280 g/mol. The summed E-state index contributed by atoms with van der Waals surface area (Å²) in [5, 5.41) is 3.16. The van der Waals surface area contributed by atoms with Crippen LogP contribution in [0.4, 0.5) is 14.5 Å². The van der Waals surface area contributed by atoms with Crippen LogP contribution >= 0.6 is 11.8 Å². The molecule has 0 bridgehead atoms. The molecule has 0 saturated carbocycles. The molecular weight excluding hydrogens is 266 g/mol. The molecule has 0 aliphatic heterocycles. The second kappa shape index (κ2) is 6.52. The highest BCUT2D eigenvalue weighted by atomic mass is 32.2. The quantitative estimate of drug-likeness (QED) is 0.826. The van der Waals surface area contributed by atoms with E-state index in [1.807, 2.05) is 25.1 Å². The largest absolute Gasteiger partial charge is 0.378 e. The zero-order valence-corrected chi connectivity index (χ0v) is 11.3. The molecule has 1 N–H and O–H groups in total. The van der Waals surface area contributed by atoms with Crippen LogP contribution in [-0.4, -0.2) is 10.7 Å². The molecule has 0 atom stereocenters. The van der Waals surface area contributed by atoms with E-state index in [4.69, 9.17) is 0 Å². The van der Waals surface area contributed by atoms with Crippen molar-refractivity contribution in [3.63, 3.8) is 0 Å². The Hall–Kier alpha value is -1.62. The third kappa shape index (κ3) is 3.92. The summed E-state index contributed by atoms with van der Waals surface area (Å²) in [5.41, 5.74) is 2.70. The fourth-order valence-corrected chi connectivity index (χ4v) is 2.31. The van der Waals surface area contributed by atoms with Crippen LogP contribution in [0.1, 0.15) is 11.3 Å². The normalized spacial score (nSPS) is 10.7. The lowest BCUT2D eigenvalue weighted by molar-refractivity contribution is 0.252. The SMILES string of the molecule is Cc1cccnc1CNc1ccccc1SC(F)F. The molecule has 0 fully saturated rings. The highest BCUT2D eigenvalue weighted by Crippen LogP contribution is 2.31. The third-order valence-corrected chi connectivity index (χ3v) is 3.46. The molecule has 2 aromatic rings. The van der Waals surface area contributed by atoms with Gasteiger partial charge in [-0.3, -0.25) is 4.98 Å². The number of alkyl halides is 2. The van der Waals surface area contributed by atoms with E-state index in [1.54, 1.807) is 24.4 Å². The van der Waals surface area contributed by atoms with Crippen molar-refractivity contribution in [2.24, 2.45) is 0 Å². The van der Waals surface area contributed by atoms with Gasteiger partial charge in [0.1, 0.15) is 0 Å². The molecule has 0 radical (unpaired) electrons. The first-order chi connectivity index (χ1) is 9.16. The van der Waals surface area contributed by atoms with Crippen molar-refractivity contribution in [3.8, 4) is 0 Å². The van der Waals surface area contributed by atoms with E-state index in [1.165, 1.54) is 0 Å². The van der Waals surface area contributed by atoms with Gasteiger partial charge < -0.3 is 5.32 Å². The van der Waals surface area contributed by atoms with Crippen molar-refractivity contribution in [2.45, 2.75) is 24.1 Å². The molecule has 5 heteroatoms. The number of thioether (sulfide) groups is 1. The number of nitrogens with one attached hydrogen (secondary N) is 1. The van der Waals surface area contributed by atoms with Crippen molar-refractivity contribution >= 4 is 17.4 Å². The van der Waals surface area contributed by atoms with Gasteiger partial charge in [-0.05, 0) is 30.7 Å². The average Bonchev–Trinajstić information content (AvgIpc) is 2.39. The molecule has 1 aromatic carbocycles. The lowest BCUT2D eigenvalue weighted by Crippen LogP contribution is -2.04. The second-order valence-corrected chi connectivity index (χ2v) is 5.03. The summed E-state index contributed by atoms with van der Waals surface area (Å²) in [6.45, 7) is 2.50. The van der Waals surface area contributed by atoms with Gasteiger partial charge in [0, 0.05) is 16.8 Å². The summed E-state index contributed by atoms with van der Waals surface area (Å²) in [4.78, 5) is 4.81. The topological polar surface area (TPSA) is 24.9 Å². The molecule has 19 heavy (non-hydrogen) atoms. The number of nitrogens with zero attached hydrogens (tertiary/aromatic N) is 1. The van der Waals surface area contributed by atoms with Crippen molar-refractivity contribution in [2.75, 3.05) is 5.32 Å². The van der Waals surface area contributed by atoms with Gasteiger partial charge in [-0.15, -0.1) is 0 Å². The third-order valence-electron chi connectivity index (χ3n) is 2.67. The van der Waals surface area contributed by atoms with Crippen LogP contribution in [0.2, 0.25) is 0 Å². The van der Waals surface area contributed by atoms with Crippen LogP contribution in [0, 0.1) is 6.92 Å². The summed E-state index contributed by atoms with van der Waals surface area (Å²) >= 11 is 0.548. The molecule has 0 aliphatic rings. The van der Waals surface area contributed by atoms with Crippen molar-refractivity contribution in [1.29, 1.82) is 0 Å². The van der Waals surface area contributed by atoms with E-state index in [0.29, 0.717) is 28.9 Å². The first-order valence-electron chi connectivity index (χ1n) is 5.85. The maximum absolute atomic E-state index is 12.5. The zero-order chi connectivity index (χ0) is 13.7. The smallest absolute Gasteiger partial charge is 0.288 e. The van der Waals surface area contributed by atoms with Crippen LogP contribution in [-0.2, 0) is 6.54 Å². The number of halogens is 2. The lowest BCUT2D eigenvalue weighted by Gasteiger charge is -2.12. The van der Waals surface area contributed by atoms with Crippen LogP contribution in [0.3, 0.4) is 0 Å². The average molecular weight is 280 g/mol. The Morgan fingerprint density at radius 3 is 2.74 bits per heavy atom. The second-order valence-electron chi connectivity index (χ2n) is 4.00. The number of pyridine rings is 1. The van der Waals surface area contributed by atoms with Gasteiger partial charge in [0.15, 0.2) is 0 Å². The minimum atomic E-state index is -2.42. The summed E-state index contributed by atoms with van der Waals surface area (Å²) in [6, 6.07) is 10.9. The summed E-state index contributed by atoms with van der Waals surface area (Å²) < 4.78 is 24.9. The number of benzene rings is 1. The molecule has 0 aliphatic carbocycles. The number of hydrogen-bond acceptors (Lipinski definition) is 3. The maximum atomic E-state index is 12.5. The minimum Gasteiger partial charge on any atom is -0.378 e. The Morgan fingerprint density at radius 2 is 2.00 bits per heavy atom. The van der Waals surface area contributed by atoms with Gasteiger partial charge in [-0.2, -0.15) is 8.78 Å². The van der Waals surface area contributed by atoms with Crippen molar-refractivity contribution in [1.82, 2.24) is 4.98 Å². The molecule has 2 rings (SSSR count). The van der Waals surface area contributed by atoms with Gasteiger partial charge in [0.25, 0.3) is 5.76 Å². The van der Waals surface area contributed by atoms with E-state index in [2.05, 4.69) is 10.3 Å². The molecule has 1 heterocycles. The Morgan fingerprint density at radius 1 is 1.21 bits per heavy atom. The zero-order valence-electron chi connectivity index (χ0n) is 10.4. The van der Waals surface area contributed by atoms with E-state index in [9.17, 15) is 8.78 Å². The van der Waals surface area contributed by atoms with Gasteiger partial charge in [-0.25, -0.2) is 0 Å². The molecule has 0 saturated heterocycles. The fourth-order valence-electron chi connectivity index (χ4n) is 1.69. The number of rotatable bonds is 5. The standard InChI is InChI=1S/C14H14F2N2S/c1-10-5-4-8-17-12(10)9-18-11-6-2-3-7-13(11)19-14(15)16/h2-8,14,18H,9H2,1H3. The van der Waals surface area contributed by atoms with Crippen LogP contribution in [0.15, 0.2) is 47.5 Å². The Bertz CT molecular complexity index is 546. The Balaban J connectivity index is 2.09. The van der Waals surface area contributed by atoms with Gasteiger partial charge >= 0.3 is 0 Å². The molecule has 100 valence electrons. The molecule has 0 amide bonds. The summed E-state index contributed by atoms with van der Waals surface area (Å²) in [6.07, 6.45) is 1.73. The maximum Gasteiger partial charge on any atom is 0.288 e. The molecule has 0 unspecified atom stereocenters. The lowest BCUT2D eigenvalue weighted by atomic mass is 10.2. The van der Waals surface area contributed by atoms with E-state index in [-0.39, 0.29) is 0 Å². The van der Waals surface area contributed by atoms with Crippen LogP contribution in [0.5, 0.6) is 0 Å². The highest BCUT2D eigenvalue weighted by Gasteiger charge is 2.09. The van der Waals surface area contributed by atoms with Crippen LogP contribution < -0.4 is 5.32 Å². The number of aromatic nitrogens is 1. The number of aryl methyl sites for hydroxylation is 1. The summed E-state index contributed by atoms with van der Waals surface area (Å²) in [5.74, 6) is -2.42. The number of para-hydroxylation sites is 1. The van der Waals surface area contributed by atoms with E-state index in [0.717, 1.165) is 11.3 Å². The van der Waals surface area contributed by atoms with Gasteiger partial charge in [-0.1, -0.05) is 30.0 Å². The van der Waals surface area contributed by atoms with Crippen LogP contribution in [0.25, 0.3) is 0 Å². The van der Waals surface area contributed by atoms with Crippen molar-refractivity contribution in [3.05, 3.63) is 53.9 Å². The number of anilines is 1. The molecule has 2 nitrogen and oxygen atoms in total. The van der Waals surface area contributed by atoms with Crippen molar-refractivity contribution < 1.29 is 8.78 Å². The van der Waals surface area contributed by atoms with Gasteiger partial charge in [0.2, 0.25) is 0 Å². The van der Waals surface area contributed by atoms with E-state index < -0.39 is 5.76 Å². The Kier molecular flexibility index (Phi) is 4.74. The van der Waals surface area contributed by atoms with E-state index >= 15 is 0 Å².